The Bertz CT molecular complexity index is 453. The fourth-order valence-corrected chi connectivity index (χ4v) is 2.60. The summed E-state index contributed by atoms with van der Waals surface area (Å²) in [4.78, 5) is 14.2. The van der Waals surface area contributed by atoms with E-state index in [1.165, 1.54) is 0 Å². The predicted molar refractivity (Wildman–Crippen MR) is 79.9 cm³/mol. The number of piperazine rings is 1. The van der Waals surface area contributed by atoms with Gasteiger partial charge in [0.1, 0.15) is 6.61 Å². The van der Waals surface area contributed by atoms with Crippen molar-refractivity contribution in [3.05, 3.63) is 34.9 Å². The van der Waals surface area contributed by atoms with E-state index in [1.807, 2.05) is 36.1 Å². The van der Waals surface area contributed by atoms with Crippen molar-refractivity contribution < 1.29 is 9.53 Å². The molecule has 0 aromatic heterocycles. The number of halogens is 1. The quantitative estimate of drug-likeness (QED) is 0.847. The lowest BCUT2D eigenvalue weighted by Gasteiger charge is -2.36. The second-order valence-electron chi connectivity index (χ2n) is 4.91. The first-order chi connectivity index (χ1) is 9.72. The molecule has 1 aliphatic heterocycles. The van der Waals surface area contributed by atoms with Gasteiger partial charge < -0.3 is 15.0 Å². The minimum Gasteiger partial charge on any atom is -0.372 e. The van der Waals surface area contributed by atoms with Gasteiger partial charge in [0.25, 0.3) is 0 Å². The number of nitrogens with one attached hydrogen (secondary N) is 1. The molecule has 0 saturated carbocycles. The van der Waals surface area contributed by atoms with Gasteiger partial charge >= 0.3 is 0 Å². The summed E-state index contributed by atoms with van der Waals surface area (Å²) in [6.45, 7) is 5.08. The zero-order valence-corrected chi connectivity index (χ0v) is 12.5. The van der Waals surface area contributed by atoms with Crippen LogP contribution in [0.15, 0.2) is 24.3 Å². The maximum absolute atomic E-state index is 12.3. The number of amides is 1. The van der Waals surface area contributed by atoms with E-state index in [9.17, 15) is 4.79 Å². The molecule has 110 valence electrons. The van der Waals surface area contributed by atoms with E-state index in [0.717, 1.165) is 25.1 Å². The monoisotopic (exact) mass is 296 g/mol. The summed E-state index contributed by atoms with van der Waals surface area (Å²) in [5, 5.41) is 4.02. The maximum Gasteiger partial charge on any atom is 0.249 e. The van der Waals surface area contributed by atoms with Crippen LogP contribution in [0.25, 0.3) is 0 Å². The molecule has 1 N–H and O–H groups in total. The fourth-order valence-electron chi connectivity index (χ4n) is 2.40. The summed E-state index contributed by atoms with van der Waals surface area (Å²) in [5.41, 5.74) is 1.06. The molecule has 1 aliphatic rings. The molecule has 1 aromatic carbocycles. The van der Waals surface area contributed by atoms with Crippen LogP contribution in [0.4, 0.5) is 0 Å². The summed E-state index contributed by atoms with van der Waals surface area (Å²) in [6.07, 6.45) is 0.923. The predicted octanol–water partition coefficient (Wildman–Crippen LogP) is 2.24. The van der Waals surface area contributed by atoms with Crippen LogP contribution < -0.4 is 5.32 Å². The molecule has 5 heteroatoms. The molecule has 1 saturated heterocycles. The first-order valence-electron chi connectivity index (χ1n) is 7.05. The fraction of sp³-hybridized carbons (Fsp3) is 0.533. The van der Waals surface area contributed by atoms with Gasteiger partial charge in [-0.15, -0.1) is 0 Å². The first kappa shape index (κ1) is 15.3. The minimum absolute atomic E-state index is 0.0279. The molecule has 1 unspecified atom stereocenters. The number of hydrogen-bond acceptors (Lipinski definition) is 3. The highest BCUT2D eigenvalue weighted by Crippen LogP contribution is 2.24. The zero-order valence-electron chi connectivity index (χ0n) is 11.8. The average Bonchev–Trinajstić information content (AvgIpc) is 2.47. The van der Waals surface area contributed by atoms with Crippen LogP contribution in [0, 0.1) is 0 Å². The Labute approximate surface area is 125 Å². The van der Waals surface area contributed by atoms with Crippen molar-refractivity contribution in [1.82, 2.24) is 10.2 Å². The van der Waals surface area contributed by atoms with Gasteiger partial charge in [-0.2, -0.15) is 0 Å². The lowest BCUT2D eigenvalue weighted by Crippen LogP contribution is -2.49. The second-order valence-corrected chi connectivity index (χ2v) is 5.35. The second kappa shape index (κ2) is 7.62. The van der Waals surface area contributed by atoms with Crippen molar-refractivity contribution in [2.45, 2.75) is 19.4 Å². The minimum atomic E-state index is 0.0279. The smallest absolute Gasteiger partial charge is 0.249 e. The third-order valence-electron chi connectivity index (χ3n) is 3.37. The Kier molecular flexibility index (Phi) is 5.83. The van der Waals surface area contributed by atoms with Gasteiger partial charge in [-0.1, -0.05) is 30.7 Å². The van der Waals surface area contributed by atoms with Gasteiger partial charge in [0.15, 0.2) is 0 Å². The Morgan fingerprint density at radius 3 is 3.15 bits per heavy atom. The van der Waals surface area contributed by atoms with Crippen molar-refractivity contribution in [1.29, 1.82) is 0 Å². The third kappa shape index (κ3) is 3.95. The average molecular weight is 297 g/mol. The molecular formula is C15H21ClN2O2. The summed E-state index contributed by atoms with van der Waals surface area (Å²) in [5.74, 6) is 0.0462. The number of benzene rings is 1. The van der Waals surface area contributed by atoms with Crippen LogP contribution in [0.3, 0.4) is 0 Å². The van der Waals surface area contributed by atoms with Crippen molar-refractivity contribution >= 4 is 17.5 Å². The standard InChI is InChI=1S/C15H21ClN2O2/c1-2-8-20-11-15(19)18-7-6-17-10-14(18)12-4-3-5-13(16)9-12/h3-5,9,14,17H,2,6-8,10-11H2,1H3. The highest BCUT2D eigenvalue weighted by atomic mass is 35.5. The van der Waals surface area contributed by atoms with E-state index in [2.05, 4.69) is 5.32 Å². The van der Waals surface area contributed by atoms with E-state index in [0.29, 0.717) is 18.2 Å². The van der Waals surface area contributed by atoms with Crippen LogP contribution in [-0.4, -0.2) is 43.7 Å². The molecule has 1 fully saturated rings. The molecule has 2 rings (SSSR count). The van der Waals surface area contributed by atoms with E-state index in [4.69, 9.17) is 16.3 Å². The summed E-state index contributed by atoms with van der Waals surface area (Å²) < 4.78 is 5.37. The van der Waals surface area contributed by atoms with Gasteiger partial charge in [0, 0.05) is 31.3 Å². The van der Waals surface area contributed by atoms with Crippen LogP contribution in [0.1, 0.15) is 24.9 Å². The summed E-state index contributed by atoms with van der Waals surface area (Å²) >= 11 is 6.05. The number of hydrogen-bond donors (Lipinski definition) is 1. The third-order valence-corrected chi connectivity index (χ3v) is 3.61. The SMILES string of the molecule is CCCOCC(=O)N1CCNCC1c1cccc(Cl)c1. The molecular weight excluding hydrogens is 276 g/mol. The van der Waals surface area contributed by atoms with E-state index < -0.39 is 0 Å². The topological polar surface area (TPSA) is 41.6 Å². The zero-order chi connectivity index (χ0) is 14.4. The summed E-state index contributed by atoms with van der Waals surface area (Å²) in [6, 6.07) is 7.73. The molecule has 0 spiro atoms. The van der Waals surface area contributed by atoms with Crippen LogP contribution in [0.5, 0.6) is 0 Å². The Morgan fingerprint density at radius 2 is 2.40 bits per heavy atom. The van der Waals surface area contributed by atoms with Crippen molar-refractivity contribution in [2.75, 3.05) is 32.8 Å². The number of carbonyl (C=O) groups excluding carboxylic acids is 1. The molecule has 0 aliphatic carbocycles. The lowest BCUT2D eigenvalue weighted by atomic mass is 10.0. The maximum atomic E-state index is 12.3. The first-order valence-corrected chi connectivity index (χ1v) is 7.43. The van der Waals surface area contributed by atoms with Crippen LogP contribution in [-0.2, 0) is 9.53 Å². The van der Waals surface area contributed by atoms with Crippen LogP contribution >= 0.6 is 11.6 Å². The Hall–Kier alpha value is -1.10. The van der Waals surface area contributed by atoms with Gasteiger partial charge in [0.05, 0.1) is 6.04 Å². The van der Waals surface area contributed by atoms with Crippen molar-refractivity contribution in [3.8, 4) is 0 Å². The molecule has 4 nitrogen and oxygen atoms in total. The highest BCUT2D eigenvalue weighted by Gasteiger charge is 2.27. The van der Waals surface area contributed by atoms with E-state index in [1.54, 1.807) is 0 Å². The molecule has 1 heterocycles. The van der Waals surface area contributed by atoms with Crippen LogP contribution in [0.2, 0.25) is 5.02 Å². The molecule has 0 radical (unpaired) electrons. The van der Waals surface area contributed by atoms with Gasteiger partial charge in [-0.25, -0.2) is 0 Å². The van der Waals surface area contributed by atoms with Gasteiger partial charge in [-0.05, 0) is 24.1 Å². The van der Waals surface area contributed by atoms with E-state index in [-0.39, 0.29) is 18.6 Å². The van der Waals surface area contributed by atoms with Crippen molar-refractivity contribution in [2.24, 2.45) is 0 Å². The van der Waals surface area contributed by atoms with Gasteiger partial charge in [0.2, 0.25) is 5.91 Å². The highest BCUT2D eigenvalue weighted by molar-refractivity contribution is 6.30. The van der Waals surface area contributed by atoms with Gasteiger partial charge in [-0.3, -0.25) is 4.79 Å². The number of rotatable bonds is 5. The number of ether oxygens (including phenoxy) is 1. The Balaban J connectivity index is 2.07. The number of nitrogens with zero attached hydrogens (tertiary/aromatic N) is 1. The normalized spacial score (nSPS) is 19.1. The molecule has 1 aromatic rings. The number of carbonyl (C=O) groups is 1. The lowest BCUT2D eigenvalue weighted by molar-refractivity contribution is -0.139. The largest absolute Gasteiger partial charge is 0.372 e. The molecule has 1 amide bonds. The van der Waals surface area contributed by atoms with E-state index >= 15 is 0 Å². The molecule has 20 heavy (non-hydrogen) atoms. The molecule has 0 bridgehead atoms. The molecule has 1 atom stereocenters. The van der Waals surface area contributed by atoms with Crippen molar-refractivity contribution in [3.63, 3.8) is 0 Å². The summed E-state index contributed by atoms with van der Waals surface area (Å²) in [7, 11) is 0. The Morgan fingerprint density at radius 1 is 1.55 bits per heavy atom.